The van der Waals surface area contributed by atoms with Crippen molar-refractivity contribution in [3.63, 3.8) is 0 Å². The summed E-state index contributed by atoms with van der Waals surface area (Å²) in [5.41, 5.74) is 0.688. The van der Waals surface area contributed by atoms with E-state index in [1.807, 2.05) is 13.0 Å². The molecule has 0 aromatic carbocycles. The second-order valence-corrected chi connectivity index (χ2v) is 5.61. The van der Waals surface area contributed by atoms with Crippen molar-refractivity contribution < 1.29 is 0 Å². The molecule has 0 fully saturated rings. The minimum atomic E-state index is -0.113. The summed E-state index contributed by atoms with van der Waals surface area (Å²) in [6.07, 6.45) is 1.75. The maximum Gasteiger partial charge on any atom is 0.265 e. The lowest BCUT2D eigenvalue weighted by molar-refractivity contribution is 0.973. The van der Waals surface area contributed by atoms with Crippen molar-refractivity contribution in [1.82, 2.24) is 9.97 Å². The zero-order valence-electron chi connectivity index (χ0n) is 9.71. The smallest absolute Gasteiger partial charge is 0.265 e. The molecule has 0 saturated heterocycles. The van der Waals surface area contributed by atoms with Gasteiger partial charge < -0.3 is 4.98 Å². The van der Waals surface area contributed by atoms with Crippen molar-refractivity contribution in [2.24, 2.45) is 0 Å². The van der Waals surface area contributed by atoms with Crippen molar-refractivity contribution in [2.75, 3.05) is 0 Å². The first-order chi connectivity index (χ1) is 8.15. The lowest BCUT2D eigenvalue weighted by Gasteiger charge is -2.02. The fourth-order valence-corrected chi connectivity index (χ4v) is 2.91. The predicted octanol–water partition coefficient (Wildman–Crippen LogP) is 3.39. The summed E-state index contributed by atoms with van der Waals surface area (Å²) in [4.78, 5) is 21.3. The number of rotatable bonds is 3. The number of aromatic nitrogens is 2. The van der Waals surface area contributed by atoms with Crippen molar-refractivity contribution in [3.05, 3.63) is 37.5 Å². The molecule has 2 rings (SSSR count). The van der Waals surface area contributed by atoms with Crippen LogP contribution >= 0.6 is 27.3 Å². The third kappa shape index (κ3) is 2.50. The third-order valence-corrected chi connectivity index (χ3v) is 4.56. The SMILES string of the molecule is CCc1ccc(-c2nc(CC)c(Br)c(=O)[nH]2)s1. The van der Waals surface area contributed by atoms with E-state index in [4.69, 9.17) is 0 Å². The van der Waals surface area contributed by atoms with E-state index in [0.717, 1.165) is 23.4 Å². The maximum atomic E-state index is 11.7. The monoisotopic (exact) mass is 312 g/mol. The lowest BCUT2D eigenvalue weighted by atomic mass is 10.3. The molecule has 90 valence electrons. The molecular weight excluding hydrogens is 300 g/mol. The van der Waals surface area contributed by atoms with Gasteiger partial charge in [-0.05, 0) is 40.9 Å². The minimum Gasteiger partial charge on any atom is -0.305 e. The van der Waals surface area contributed by atoms with E-state index in [-0.39, 0.29) is 5.56 Å². The van der Waals surface area contributed by atoms with Gasteiger partial charge in [0, 0.05) is 4.88 Å². The second kappa shape index (κ2) is 5.14. The second-order valence-electron chi connectivity index (χ2n) is 3.65. The number of H-pyrrole nitrogens is 1. The van der Waals surface area contributed by atoms with E-state index in [0.29, 0.717) is 10.3 Å². The van der Waals surface area contributed by atoms with Crippen LogP contribution in [0, 0.1) is 0 Å². The Morgan fingerprint density at radius 3 is 2.71 bits per heavy atom. The number of thiophene rings is 1. The summed E-state index contributed by atoms with van der Waals surface area (Å²) in [5, 5.41) is 0. The predicted molar refractivity (Wildman–Crippen MR) is 74.6 cm³/mol. The highest BCUT2D eigenvalue weighted by Gasteiger charge is 2.10. The van der Waals surface area contributed by atoms with Gasteiger partial charge in [0.2, 0.25) is 0 Å². The Morgan fingerprint density at radius 1 is 1.35 bits per heavy atom. The van der Waals surface area contributed by atoms with E-state index in [1.54, 1.807) is 11.3 Å². The van der Waals surface area contributed by atoms with Gasteiger partial charge in [-0.2, -0.15) is 0 Å². The first-order valence-electron chi connectivity index (χ1n) is 5.53. The van der Waals surface area contributed by atoms with E-state index < -0.39 is 0 Å². The van der Waals surface area contributed by atoms with Gasteiger partial charge in [0.25, 0.3) is 5.56 Å². The van der Waals surface area contributed by atoms with Gasteiger partial charge in [-0.25, -0.2) is 4.98 Å². The van der Waals surface area contributed by atoms with Crippen LogP contribution < -0.4 is 5.56 Å². The average Bonchev–Trinajstić information content (AvgIpc) is 2.81. The first-order valence-corrected chi connectivity index (χ1v) is 7.14. The van der Waals surface area contributed by atoms with Gasteiger partial charge in [0.05, 0.1) is 10.6 Å². The van der Waals surface area contributed by atoms with Crippen LogP contribution in [0.4, 0.5) is 0 Å². The quantitative estimate of drug-likeness (QED) is 0.944. The Labute approximate surface area is 112 Å². The summed E-state index contributed by atoms with van der Waals surface area (Å²) in [7, 11) is 0. The fraction of sp³-hybridized carbons (Fsp3) is 0.333. The Hall–Kier alpha value is -0.940. The van der Waals surface area contributed by atoms with E-state index in [9.17, 15) is 4.79 Å². The molecular formula is C12H13BrN2OS. The molecule has 0 saturated carbocycles. The molecule has 0 radical (unpaired) electrons. The molecule has 0 bridgehead atoms. The summed E-state index contributed by atoms with van der Waals surface area (Å²) in [6, 6.07) is 4.09. The number of nitrogens with one attached hydrogen (secondary N) is 1. The van der Waals surface area contributed by atoms with Crippen molar-refractivity contribution >= 4 is 27.3 Å². The molecule has 3 nitrogen and oxygen atoms in total. The van der Waals surface area contributed by atoms with Crippen LogP contribution in [0.1, 0.15) is 24.4 Å². The summed E-state index contributed by atoms with van der Waals surface area (Å²) < 4.78 is 0.538. The zero-order valence-corrected chi connectivity index (χ0v) is 12.1. The van der Waals surface area contributed by atoms with Gasteiger partial charge >= 0.3 is 0 Å². The third-order valence-electron chi connectivity index (χ3n) is 2.51. The van der Waals surface area contributed by atoms with Crippen molar-refractivity contribution in [1.29, 1.82) is 0 Å². The van der Waals surface area contributed by atoms with Gasteiger partial charge in [-0.1, -0.05) is 13.8 Å². The number of halogens is 1. The largest absolute Gasteiger partial charge is 0.305 e. The standard InChI is InChI=1S/C12H13BrN2OS/c1-3-7-5-6-9(17-7)11-14-8(4-2)10(13)12(16)15-11/h5-6H,3-4H2,1-2H3,(H,14,15,16). The molecule has 0 aliphatic heterocycles. The molecule has 0 unspecified atom stereocenters. The summed E-state index contributed by atoms with van der Waals surface area (Å²) in [6.45, 7) is 4.10. The van der Waals surface area contributed by atoms with Gasteiger partial charge in [-0.3, -0.25) is 4.79 Å². The minimum absolute atomic E-state index is 0.113. The van der Waals surface area contributed by atoms with Crippen LogP contribution in [0.5, 0.6) is 0 Å². The van der Waals surface area contributed by atoms with E-state index in [2.05, 4.69) is 38.9 Å². The molecule has 0 atom stereocenters. The van der Waals surface area contributed by atoms with Crippen LogP contribution in [0.15, 0.2) is 21.4 Å². The number of aryl methyl sites for hydroxylation is 2. The summed E-state index contributed by atoms with van der Waals surface area (Å²) >= 11 is 4.93. The molecule has 0 amide bonds. The number of hydrogen-bond acceptors (Lipinski definition) is 3. The molecule has 17 heavy (non-hydrogen) atoms. The summed E-state index contributed by atoms with van der Waals surface area (Å²) in [5.74, 6) is 0.666. The van der Waals surface area contributed by atoms with E-state index in [1.165, 1.54) is 4.88 Å². The number of aromatic amines is 1. The Bertz CT molecular complexity index is 588. The normalized spacial score (nSPS) is 10.8. The average molecular weight is 313 g/mol. The molecule has 0 aliphatic rings. The Balaban J connectivity index is 2.52. The van der Waals surface area contributed by atoms with Crippen molar-refractivity contribution in [2.45, 2.75) is 26.7 Å². The Kier molecular flexibility index (Phi) is 3.79. The molecule has 0 spiro atoms. The molecule has 0 aliphatic carbocycles. The number of hydrogen-bond donors (Lipinski definition) is 1. The Morgan fingerprint density at radius 2 is 2.12 bits per heavy atom. The van der Waals surface area contributed by atoms with Crippen LogP contribution in [0.3, 0.4) is 0 Å². The zero-order chi connectivity index (χ0) is 12.4. The lowest BCUT2D eigenvalue weighted by Crippen LogP contribution is -2.12. The molecule has 2 aromatic rings. The highest BCUT2D eigenvalue weighted by molar-refractivity contribution is 9.10. The highest BCUT2D eigenvalue weighted by Crippen LogP contribution is 2.26. The van der Waals surface area contributed by atoms with E-state index >= 15 is 0 Å². The van der Waals surface area contributed by atoms with Crippen molar-refractivity contribution in [3.8, 4) is 10.7 Å². The van der Waals surface area contributed by atoms with Gasteiger partial charge in [0.1, 0.15) is 4.47 Å². The topological polar surface area (TPSA) is 45.8 Å². The first kappa shape index (κ1) is 12.5. The molecule has 5 heteroatoms. The van der Waals surface area contributed by atoms with Gasteiger partial charge in [-0.15, -0.1) is 11.3 Å². The van der Waals surface area contributed by atoms with Crippen LogP contribution in [-0.2, 0) is 12.8 Å². The molecule has 2 heterocycles. The number of nitrogens with zero attached hydrogens (tertiary/aromatic N) is 1. The molecule has 1 N–H and O–H groups in total. The molecule has 2 aromatic heterocycles. The fourth-order valence-electron chi connectivity index (χ4n) is 1.55. The van der Waals surface area contributed by atoms with Crippen LogP contribution in [0.2, 0.25) is 0 Å². The van der Waals surface area contributed by atoms with Crippen LogP contribution in [-0.4, -0.2) is 9.97 Å². The van der Waals surface area contributed by atoms with Crippen LogP contribution in [0.25, 0.3) is 10.7 Å². The van der Waals surface area contributed by atoms with Gasteiger partial charge in [0.15, 0.2) is 5.82 Å². The highest BCUT2D eigenvalue weighted by atomic mass is 79.9. The maximum absolute atomic E-state index is 11.7.